The first-order valence-electron chi connectivity index (χ1n) is 4.55. The van der Waals surface area contributed by atoms with Crippen LogP contribution in [0, 0.1) is 17.1 Å². The molecule has 1 aromatic rings. The van der Waals surface area contributed by atoms with Crippen molar-refractivity contribution in [1.82, 2.24) is 0 Å². The Morgan fingerprint density at radius 2 is 2.07 bits per heavy atom. The monoisotopic (exact) mass is 209 g/mol. The van der Waals surface area contributed by atoms with Gasteiger partial charge in [0.05, 0.1) is 6.07 Å². The summed E-state index contributed by atoms with van der Waals surface area (Å²) in [4.78, 5) is 1.02. The number of hydrogen-bond acceptors (Lipinski definition) is 2. The highest BCUT2D eigenvalue weighted by atomic mass is 32.2. The predicted octanol–water partition coefficient (Wildman–Crippen LogP) is 3.61. The fourth-order valence-corrected chi connectivity index (χ4v) is 2.08. The molecule has 1 nitrogen and oxygen atoms in total. The largest absolute Gasteiger partial charge is 0.207 e. The van der Waals surface area contributed by atoms with E-state index in [2.05, 4.69) is 13.0 Å². The van der Waals surface area contributed by atoms with E-state index in [9.17, 15) is 4.39 Å². The molecule has 1 rings (SSSR count). The Hall–Kier alpha value is -1.01. The Balaban J connectivity index is 2.59. The number of nitriles is 1. The highest BCUT2D eigenvalue weighted by molar-refractivity contribution is 8.00. The fraction of sp³-hybridized carbons (Fsp3) is 0.364. The van der Waals surface area contributed by atoms with E-state index in [1.54, 1.807) is 23.9 Å². The average molecular weight is 209 g/mol. The molecule has 0 aliphatic carbocycles. The molecule has 74 valence electrons. The van der Waals surface area contributed by atoms with E-state index in [4.69, 9.17) is 5.26 Å². The minimum absolute atomic E-state index is 0.220. The van der Waals surface area contributed by atoms with Gasteiger partial charge in [0.1, 0.15) is 5.82 Å². The van der Waals surface area contributed by atoms with Crippen LogP contribution in [0.4, 0.5) is 4.39 Å². The first-order valence-corrected chi connectivity index (χ1v) is 5.43. The summed E-state index contributed by atoms with van der Waals surface area (Å²) >= 11 is 1.63. The maximum absolute atomic E-state index is 12.6. The van der Waals surface area contributed by atoms with Gasteiger partial charge in [0.15, 0.2) is 0 Å². The molecule has 0 aromatic heterocycles. The molecule has 0 aliphatic heterocycles. The smallest absolute Gasteiger partial charge is 0.123 e. The van der Waals surface area contributed by atoms with Crippen LogP contribution in [-0.2, 0) is 0 Å². The molecule has 0 aliphatic rings. The summed E-state index contributed by atoms with van der Waals surface area (Å²) < 4.78 is 12.6. The van der Waals surface area contributed by atoms with Crippen molar-refractivity contribution < 1.29 is 4.39 Å². The lowest BCUT2D eigenvalue weighted by atomic mass is 10.3. The third kappa shape index (κ3) is 3.39. The Bertz CT molecular complexity index is 315. The van der Waals surface area contributed by atoms with Crippen LogP contribution < -0.4 is 0 Å². The Kier molecular flexibility index (Phi) is 4.48. The quantitative estimate of drug-likeness (QED) is 0.707. The fourth-order valence-electron chi connectivity index (χ4n) is 1.08. The van der Waals surface area contributed by atoms with Gasteiger partial charge in [-0.05, 0) is 30.7 Å². The molecule has 0 radical (unpaired) electrons. The van der Waals surface area contributed by atoms with Gasteiger partial charge in [-0.15, -0.1) is 11.8 Å². The predicted molar refractivity (Wildman–Crippen MR) is 56.6 cm³/mol. The second-order valence-corrected chi connectivity index (χ2v) is 4.34. The summed E-state index contributed by atoms with van der Waals surface area (Å²) in [6.07, 6.45) is 1.49. The summed E-state index contributed by atoms with van der Waals surface area (Å²) in [6.45, 7) is 2.05. The number of benzene rings is 1. The lowest BCUT2D eigenvalue weighted by Gasteiger charge is -2.09. The second-order valence-electron chi connectivity index (χ2n) is 2.96. The van der Waals surface area contributed by atoms with Crippen molar-refractivity contribution in [2.75, 3.05) is 0 Å². The summed E-state index contributed by atoms with van der Waals surface area (Å²) in [6, 6.07) is 8.55. The normalized spacial score (nSPS) is 12.1. The molecule has 0 spiro atoms. The molecule has 0 fully saturated rings. The summed E-state index contributed by atoms with van der Waals surface area (Å²) in [5.74, 6) is -0.220. The molecule has 0 N–H and O–H groups in total. The molecule has 0 saturated heterocycles. The number of rotatable bonds is 4. The van der Waals surface area contributed by atoms with Gasteiger partial charge in [0, 0.05) is 16.6 Å². The van der Waals surface area contributed by atoms with Crippen LogP contribution in [0.15, 0.2) is 29.2 Å². The van der Waals surface area contributed by atoms with Gasteiger partial charge < -0.3 is 0 Å². The van der Waals surface area contributed by atoms with Crippen molar-refractivity contribution >= 4 is 11.8 Å². The maximum Gasteiger partial charge on any atom is 0.123 e. The van der Waals surface area contributed by atoms with Crippen molar-refractivity contribution in [3.63, 3.8) is 0 Å². The molecule has 0 saturated carbocycles. The number of halogens is 1. The van der Waals surface area contributed by atoms with Crippen molar-refractivity contribution in [1.29, 1.82) is 5.26 Å². The molecule has 1 atom stereocenters. The molecule has 1 unspecified atom stereocenters. The summed E-state index contributed by atoms with van der Waals surface area (Å²) in [5, 5.41) is 8.88. The zero-order valence-electron chi connectivity index (χ0n) is 8.03. The van der Waals surface area contributed by atoms with Crippen molar-refractivity contribution in [2.24, 2.45) is 0 Å². The third-order valence-corrected chi connectivity index (χ3v) is 3.27. The zero-order valence-corrected chi connectivity index (χ0v) is 8.85. The number of hydrogen-bond donors (Lipinski definition) is 0. The lowest BCUT2D eigenvalue weighted by Crippen LogP contribution is -1.98. The first kappa shape index (κ1) is 11.1. The van der Waals surface area contributed by atoms with Crippen LogP contribution in [0.3, 0.4) is 0 Å². The molecule has 0 bridgehead atoms. The maximum atomic E-state index is 12.6. The summed E-state index contributed by atoms with van der Waals surface area (Å²) in [7, 11) is 0. The van der Waals surface area contributed by atoms with Gasteiger partial charge in [-0.25, -0.2) is 4.39 Å². The van der Waals surface area contributed by atoms with Gasteiger partial charge >= 0.3 is 0 Å². The van der Waals surface area contributed by atoms with Crippen LogP contribution in [-0.4, -0.2) is 5.25 Å². The number of thioether (sulfide) groups is 1. The van der Waals surface area contributed by atoms with E-state index in [0.29, 0.717) is 11.7 Å². The van der Waals surface area contributed by atoms with E-state index in [0.717, 1.165) is 11.3 Å². The Morgan fingerprint density at radius 3 is 2.57 bits per heavy atom. The van der Waals surface area contributed by atoms with E-state index < -0.39 is 0 Å². The van der Waals surface area contributed by atoms with Crippen LogP contribution in [0.2, 0.25) is 0 Å². The molecule has 1 aromatic carbocycles. The van der Waals surface area contributed by atoms with E-state index in [-0.39, 0.29) is 5.82 Å². The lowest BCUT2D eigenvalue weighted by molar-refractivity contribution is 0.626. The van der Waals surface area contributed by atoms with Crippen molar-refractivity contribution in [3.05, 3.63) is 30.1 Å². The Labute approximate surface area is 87.9 Å². The highest BCUT2D eigenvalue weighted by Gasteiger charge is 2.07. The van der Waals surface area contributed by atoms with E-state index >= 15 is 0 Å². The zero-order chi connectivity index (χ0) is 10.4. The number of nitrogens with zero attached hydrogens (tertiary/aromatic N) is 1. The Morgan fingerprint density at radius 1 is 1.43 bits per heavy atom. The third-order valence-electron chi connectivity index (χ3n) is 1.89. The minimum atomic E-state index is -0.220. The molecule has 14 heavy (non-hydrogen) atoms. The molecular formula is C11H12FNS. The van der Waals surface area contributed by atoms with Gasteiger partial charge in [-0.1, -0.05) is 6.92 Å². The average Bonchev–Trinajstić information content (AvgIpc) is 2.20. The highest BCUT2D eigenvalue weighted by Crippen LogP contribution is 2.27. The van der Waals surface area contributed by atoms with Gasteiger partial charge in [-0.2, -0.15) is 5.26 Å². The topological polar surface area (TPSA) is 23.8 Å². The van der Waals surface area contributed by atoms with Crippen LogP contribution >= 0.6 is 11.8 Å². The standard InChI is InChI=1S/C11H12FNS/c1-2-10(7-8-13)14-11-5-3-9(12)4-6-11/h3-6,10H,2,7H2,1H3. The van der Waals surface area contributed by atoms with Gasteiger partial charge in [-0.3, -0.25) is 0 Å². The second kappa shape index (κ2) is 5.66. The summed E-state index contributed by atoms with van der Waals surface area (Å²) in [5.41, 5.74) is 0. The van der Waals surface area contributed by atoms with Crippen molar-refractivity contribution in [2.45, 2.75) is 29.9 Å². The molecule has 0 amide bonds. The first-order chi connectivity index (χ1) is 6.76. The van der Waals surface area contributed by atoms with Crippen molar-refractivity contribution in [3.8, 4) is 6.07 Å². The minimum Gasteiger partial charge on any atom is -0.207 e. The van der Waals surface area contributed by atoms with Crippen LogP contribution in [0.25, 0.3) is 0 Å². The SMILES string of the molecule is CCC(CC#N)Sc1ccc(F)cc1. The molecule has 3 heteroatoms. The van der Waals surface area contributed by atoms with E-state index in [1.807, 2.05) is 0 Å². The van der Waals surface area contributed by atoms with E-state index in [1.165, 1.54) is 12.1 Å². The molecular weight excluding hydrogens is 197 g/mol. The van der Waals surface area contributed by atoms with Gasteiger partial charge in [0.2, 0.25) is 0 Å². The van der Waals surface area contributed by atoms with Gasteiger partial charge in [0.25, 0.3) is 0 Å². The van der Waals surface area contributed by atoms with Crippen LogP contribution in [0.1, 0.15) is 19.8 Å². The molecule has 0 heterocycles. The van der Waals surface area contributed by atoms with Crippen LogP contribution in [0.5, 0.6) is 0 Å².